The first-order chi connectivity index (χ1) is 14.0. The van der Waals surface area contributed by atoms with E-state index in [-0.39, 0.29) is 36.2 Å². The smallest absolute Gasteiger partial charge is 0.251 e. The Labute approximate surface area is 170 Å². The van der Waals surface area contributed by atoms with Crippen LogP contribution < -0.4 is 10.6 Å². The molecule has 1 saturated carbocycles. The van der Waals surface area contributed by atoms with Crippen molar-refractivity contribution in [2.45, 2.75) is 38.3 Å². The zero-order chi connectivity index (χ0) is 20.4. The highest BCUT2D eigenvalue weighted by atomic mass is 16.2. The van der Waals surface area contributed by atoms with Crippen LogP contribution in [0.25, 0.3) is 0 Å². The van der Waals surface area contributed by atoms with Crippen LogP contribution in [0, 0.1) is 5.92 Å². The Morgan fingerprint density at radius 2 is 1.83 bits per heavy atom. The summed E-state index contributed by atoms with van der Waals surface area (Å²) in [5.41, 5.74) is 2.15. The highest BCUT2D eigenvalue weighted by Crippen LogP contribution is 2.29. The van der Waals surface area contributed by atoms with Crippen LogP contribution in [0.4, 0.5) is 5.69 Å². The van der Waals surface area contributed by atoms with Gasteiger partial charge in [0.05, 0.1) is 12.0 Å². The Balaban J connectivity index is 1.39. The lowest BCUT2D eigenvalue weighted by atomic mass is 10.1. The van der Waals surface area contributed by atoms with Crippen LogP contribution >= 0.6 is 0 Å². The van der Waals surface area contributed by atoms with E-state index in [0.29, 0.717) is 17.8 Å². The molecule has 3 amide bonds. The second-order valence-corrected chi connectivity index (χ2v) is 7.85. The molecule has 0 aromatic heterocycles. The SMILES string of the molecule is C[C@H](c1ccccc1)N1C[C@H](C(=O)Nc2cccc(C(=O)NC3CC3)c2)CC1=O. The van der Waals surface area contributed by atoms with E-state index in [9.17, 15) is 14.4 Å². The standard InChI is InChI=1S/C23H25N3O3/c1-15(16-6-3-2-4-7-16)26-14-18(13-21(26)27)23(29)25-20-9-5-8-17(12-20)22(28)24-19-10-11-19/h2-9,12,15,18-19H,10-11,13-14H2,1H3,(H,24,28)(H,25,29)/t15-,18-/m1/s1. The molecule has 2 fully saturated rings. The molecule has 2 aliphatic rings. The molecule has 0 spiro atoms. The lowest BCUT2D eigenvalue weighted by molar-refractivity contribution is -0.129. The van der Waals surface area contributed by atoms with Gasteiger partial charge < -0.3 is 15.5 Å². The minimum absolute atomic E-state index is 0.0148. The molecule has 2 aromatic carbocycles. The van der Waals surface area contributed by atoms with E-state index >= 15 is 0 Å². The predicted octanol–water partition coefficient (Wildman–Crippen LogP) is 3.13. The van der Waals surface area contributed by atoms with Crippen LogP contribution in [0.1, 0.15) is 48.1 Å². The molecule has 6 nitrogen and oxygen atoms in total. The molecular formula is C23H25N3O3. The summed E-state index contributed by atoms with van der Waals surface area (Å²) >= 11 is 0. The lowest BCUT2D eigenvalue weighted by Crippen LogP contribution is -2.30. The van der Waals surface area contributed by atoms with Gasteiger partial charge >= 0.3 is 0 Å². The summed E-state index contributed by atoms with van der Waals surface area (Å²) in [5, 5.41) is 5.81. The summed E-state index contributed by atoms with van der Waals surface area (Å²) in [5.74, 6) is -0.736. The molecule has 1 saturated heterocycles. The van der Waals surface area contributed by atoms with Crippen molar-refractivity contribution in [3.63, 3.8) is 0 Å². The Morgan fingerprint density at radius 3 is 2.55 bits per heavy atom. The van der Waals surface area contributed by atoms with Gasteiger partial charge in [-0.1, -0.05) is 36.4 Å². The molecule has 1 heterocycles. The average molecular weight is 391 g/mol. The molecule has 0 bridgehead atoms. The third kappa shape index (κ3) is 4.47. The molecule has 4 rings (SSSR count). The number of amides is 3. The first kappa shape index (κ1) is 19.2. The third-order valence-electron chi connectivity index (χ3n) is 5.58. The number of nitrogens with zero attached hydrogens (tertiary/aromatic N) is 1. The van der Waals surface area contributed by atoms with Gasteiger partial charge in [0, 0.05) is 30.3 Å². The molecule has 0 unspecified atom stereocenters. The van der Waals surface area contributed by atoms with Gasteiger partial charge in [0.2, 0.25) is 11.8 Å². The normalized spacial score (nSPS) is 19.7. The molecule has 1 aliphatic carbocycles. The van der Waals surface area contributed by atoms with Gasteiger partial charge in [-0.2, -0.15) is 0 Å². The van der Waals surface area contributed by atoms with Crippen LogP contribution in [0.3, 0.4) is 0 Å². The van der Waals surface area contributed by atoms with Crippen molar-refractivity contribution in [2.24, 2.45) is 5.92 Å². The maximum absolute atomic E-state index is 12.7. The average Bonchev–Trinajstić information content (AvgIpc) is 3.46. The zero-order valence-corrected chi connectivity index (χ0v) is 16.4. The summed E-state index contributed by atoms with van der Waals surface area (Å²) in [6.07, 6.45) is 2.25. The Kier molecular flexibility index (Phi) is 5.34. The molecule has 0 radical (unpaired) electrons. The quantitative estimate of drug-likeness (QED) is 0.794. The minimum Gasteiger partial charge on any atom is -0.349 e. The summed E-state index contributed by atoms with van der Waals surface area (Å²) in [6, 6.07) is 16.9. The van der Waals surface area contributed by atoms with E-state index in [1.165, 1.54) is 0 Å². The molecule has 150 valence electrons. The third-order valence-corrected chi connectivity index (χ3v) is 5.58. The molecular weight excluding hydrogens is 366 g/mol. The number of hydrogen-bond donors (Lipinski definition) is 2. The summed E-state index contributed by atoms with van der Waals surface area (Å²) < 4.78 is 0. The zero-order valence-electron chi connectivity index (χ0n) is 16.4. The van der Waals surface area contributed by atoms with Crippen LogP contribution in [0.15, 0.2) is 54.6 Å². The van der Waals surface area contributed by atoms with Crippen LogP contribution in [0.2, 0.25) is 0 Å². The van der Waals surface area contributed by atoms with E-state index < -0.39 is 5.92 Å². The van der Waals surface area contributed by atoms with Crippen molar-refractivity contribution < 1.29 is 14.4 Å². The van der Waals surface area contributed by atoms with E-state index in [0.717, 1.165) is 18.4 Å². The number of carbonyl (C=O) groups is 3. The Morgan fingerprint density at radius 1 is 1.07 bits per heavy atom. The van der Waals surface area contributed by atoms with Gasteiger partial charge in [-0.05, 0) is 43.5 Å². The van der Waals surface area contributed by atoms with Crippen molar-refractivity contribution >= 4 is 23.4 Å². The second-order valence-electron chi connectivity index (χ2n) is 7.85. The summed E-state index contributed by atoms with van der Waals surface area (Å²) in [7, 11) is 0. The van der Waals surface area contributed by atoms with E-state index in [2.05, 4.69) is 10.6 Å². The fourth-order valence-electron chi connectivity index (χ4n) is 3.67. The van der Waals surface area contributed by atoms with Gasteiger partial charge in [-0.3, -0.25) is 14.4 Å². The molecule has 6 heteroatoms. The second kappa shape index (κ2) is 8.07. The topological polar surface area (TPSA) is 78.5 Å². The molecule has 2 atom stereocenters. The first-order valence-corrected chi connectivity index (χ1v) is 10.1. The number of likely N-dealkylation sites (tertiary alicyclic amines) is 1. The van der Waals surface area contributed by atoms with Gasteiger partial charge in [-0.25, -0.2) is 0 Å². The van der Waals surface area contributed by atoms with Crippen molar-refractivity contribution in [1.82, 2.24) is 10.2 Å². The van der Waals surface area contributed by atoms with Gasteiger partial charge in [0.1, 0.15) is 0 Å². The van der Waals surface area contributed by atoms with Crippen molar-refractivity contribution in [3.05, 3.63) is 65.7 Å². The molecule has 29 heavy (non-hydrogen) atoms. The van der Waals surface area contributed by atoms with Gasteiger partial charge in [0.25, 0.3) is 5.91 Å². The number of hydrogen-bond acceptors (Lipinski definition) is 3. The lowest BCUT2D eigenvalue weighted by Gasteiger charge is -2.25. The van der Waals surface area contributed by atoms with Crippen LogP contribution in [0.5, 0.6) is 0 Å². The van der Waals surface area contributed by atoms with E-state index in [1.807, 2.05) is 37.3 Å². The van der Waals surface area contributed by atoms with E-state index in [4.69, 9.17) is 0 Å². The molecule has 2 N–H and O–H groups in total. The summed E-state index contributed by atoms with van der Waals surface area (Å²) in [6.45, 7) is 2.37. The number of rotatable bonds is 6. The fraction of sp³-hybridized carbons (Fsp3) is 0.348. The maximum Gasteiger partial charge on any atom is 0.251 e. The monoisotopic (exact) mass is 391 g/mol. The first-order valence-electron chi connectivity index (χ1n) is 10.1. The largest absolute Gasteiger partial charge is 0.349 e. The van der Waals surface area contributed by atoms with Crippen LogP contribution in [-0.4, -0.2) is 35.2 Å². The van der Waals surface area contributed by atoms with Crippen molar-refractivity contribution in [1.29, 1.82) is 0 Å². The highest BCUT2D eigenvalue weighted by molar-refractivity contribution is 5.99. The van der Waals surface area contributed by atoms with Gasteiger partial charge in [0.15, 0.2) is 0 Å². The van der Waals surface area contributed by atoms with Gasteiger partial charge in [-0.15, -0.1) is 0 Å². The van der Waals surface area contributed by atoms with E-state index in [1.54, 1.807) is 29.2 Å². The molecule has 1 aliphatic heterocycles. The van der Waals surface area contributed by atoms with Crippen molar-refractivity contribution in [2.75, 3.05) is 11.9 Å². The molecule has 2 aromatic rings. The summed E-state index contributed by atoms with van der Waals surface area (Å²) in [4.78, 5) is 39.2. The van der Waals surface area contributed by atoms with Crippen LogP contribution in [-0.2, 0) is 9.59 Å². The highest BCUT2D eigenvalue weighted by Gasteiger charge is 2.37. The number of nitrogens with one attached hydrogen (secondary N) is 2. The number of benzene rings is 2. The maximum atomic E-state index is 12.7. The Hall–Kier alpha value is -3.15. The number of anilines is 1. The van der Waals surface area contributed by atoms with Crippen molar-refractivity contribution in [3.8, 4) is 0 Å². The Bertz CT molecular complexity index is 924. The fourth-order valence-corrected chi connectivity index (χ4v) is 3.67. The predicted molar refractivity (Wildman–Crippen MR) is 110 cm³/mol. The minimum atomic E-state index is -0.405. The number of carbonyl (C=O) groups excluding carboxylic acids is 3.